The molecule has 6 aliphatic carbocycles. The molecule has 4 saturated carbocycles. The van der Waals surface area contributed by atoms with Gasteiger partial charge >= 0.3 is 5.97 Å². The van der Waals surface area contributed by atoms with Crippen LogP contribution in [0.25, 0.3) is 0 Å². The summed E-state index contributed by atoms with van der Waals surface area (Å²) in [6.07, 6.45) is 19.3. The number of allylic oxidation sites excluding steroid dienone is 4. The van der Waals surface area contributed by atoms with Crippen molar-refractivity contribution in [2.24, 2.45) is 63.1 Å². The molecule has 0 aromatic rings. The number of nitrogens with one attached hydrogen (secondary N) is 1. The highest BCUT2D eigenvalue weighted by Crippen LogP contribution is 2.75. The minimum absolute atomic E-state index is 0.121. The number of sulfone groups is 1. The molecule has 7 rings (SSSR count). The first-order valence-electron chi connectivity index (χ1n) is 19.9. The molecule has 6 nitrogen and oxygen atoms in total. The van der Waals surface area contributed by atoms with Crippen LogP contribution >= 0.6 is 0 Å². The second kappa shape index (κ2) is 12.5. The van der Waals surface area contributed by atoms with E-state index in [0.29, 0.717) is 52.7 Å². The molecule has 1 saturated heterocycles. The molecule has 0 spiro atoms. The standard InChI is InChI=1S/C41H66N2O4S/c1-27-25-43(23-24-48(46,47)26-27)22-21-42-34-13-11-30-31(34)15-19-40(5)33(30)12-14-36-39(4)18-16-32(28-7-9-29(10-8-28)37(44)45)38(2,3)35(39)17-20-41(36,40)6/h7,16,27,29-31,33-36,42H,8-15,17-26H2,1-6H3,(H,44,45)/t27?,29-,30-,31?,33+,34+,35?,36?,39-,40+,41+/m0/s1. The predicted molar refractivity (Wildman–Crippen MR) is 194 cm³/mol. The number of aliphatic carboxylic acids is 1. The van der Waals surface area contributed by atoms with Gasteiger partial charge in [-0.1, -0.05) is 53.7 Å². The van der Waals surface area contributed by atoms with Gasteiger partial charge in [0.15, 0.2) is 9.84 Å². The Morgan fingerprint density at radius 1 is 0.938 bits per heavy atom. The molecule has 0 bridgehead atoms. The Morgan fingerprint density at radius 2 is 1.71 bits per heavy atom. The zero-order chi connectivity index (χ0) is 34.3. The normalized spacial score (nSPS) is 47.0. The Morgan fingerprint density at radius 3 is 2.44 bits per heavy atom. The number of carboxylic acids is 1. The monoisotopic (exact) mass is 682 g/mol. The molecular weight excluding hydrogens is 617 g/mol. The predicted octanol–water partition coefficient (Wildman–Crippen LogP) is 7.75. The van der Waals surface area contributed by atoms with E-state index in [4.69, 9.17) is 0 Å². The molecule has 11 atom stereocenters. The van der Waals surface area contributed by atoms with Gasteiger partial charge in [-0.25, -0.2) is 8.42 Å². The molecular formula is C41H66N2O4S. The first kappa shape index (κ1) is 35.2. The summed E-state index contributed by atoms with van der Waals surface area (Å²) in [7, 11) is -2.90. The molecule has 48 heavy (non-hydrogen) atoms. The second-order valence-electron chi connectivity index (χ2n) is 19.3. The van der Waals surface area contributed by atoms with E-state index in [9.17, 15) is 18.3 Å². The zero-order valence-corrected chi connectivity index (χ0v) is 31.8. The van der Waals surface area contributed by atoms with Crippen LogP contribution in [0.15, 0.2) is 23.3 Å². The lowest BCUT2D eigenvalue weighted by Gasteiger charge is -2.71. The van der Waals surface area contributed by atoms with Crippen LogP contribution in [-0.4, -0.2) is 68.1 Å². The molecule has 0 radical (unpaired) electrons. The van der Waals surface area contributed by atoms with Gasteiger partial charge in [0, 0.05) is 32.2 Å². The number of hydrogen-bond donors (Lipinski definition) is 2. The van der Waals surface area contributed by atoms with Crippen LogP contribution in [0.1, 0.15) is 119 Å². The van der Waals surface area contributed by atoms with Crippen LogP contribution in [0.2, 0.25) is 0 Å². The largest absolute Gasteiger partial charge is 0.481 e. The van der Waals surface area contributed by atoms with Gasteiger partial charge in [0.25, 0.3) is 0 Å². The first-order valence-corrected chi connectivity index (χ1v) is 21.7. The van der Waals surface area contributed by atoms with Crippen LogP contribution in [-0.2, 0) is 14.6 Å². The Kier molecular flexibility index (Phi) is 9.17. The van der Waals surface area contributed by atoms with Gasteiger partial charge in [0.05, 0.1) is 17.4 Å². The highest BCUT2D eigenvalue weighted by molar-refractivity contribution is 7.91. The lowest BCUT2D eigenvalue weighted by molar-refractivity contribution is -0.215. The van der Waals surface area contributed by atoms with E-state index in [0.717, 1.165) is 56.1 Å². The maximum atomic E-state index is 12.3. The molecule has 1 aliphatic heterocycles. The highest BCUT2D eigenvalue weighted by atomic mass is 32.2. The Balaban J connectivity index is 1.03. The van der Waals surface area contributed by atoms with E-state index in [1.54, 1.807) is 0 Å². The van der Waals surface area contributed by atoms with Crippen LogP contribution in [0, 0.1) is 63.1 Å². The van der Waals surface area contributed by atoms with Crippen molar-refractivity contribution in [3.05, 3.63) is 23.3 Å². The van der Waals surface area contributed by atoms with Gasteiger partial charge in [-0.15, -0.1) is 0 Å². The third kappa shape index (κ3) is 5.71. The van der Waals surface area contributed by atoms with Gasteiger partial charge in [0.1, 0.15) is 0 Å². The quantitative estimate of drug-likeness (QED) is 0.298. The van der Waals surface area contributed by atoms with Crippen LogP contribution in [0.3, 0.4) is 0 Å². The van der Waals surface area contributed by atoms with Crippen molar-refractivity contribution in [2.45, 2.75) is 125 Å². The third-order valence-corrected chi connectivity index (χ3v) is 18.6. The van der Waals surface area contributed by atoms with E-state index in [2.05, 4.69) is 63.9 Å². The maximum Gasteiger partial charge on any atom is 0.306 e. The minimum Gasteiger partial charge on any atom is -0.481 e. The molecule has 1 heterocycles. The average Bonchev–Trinajstić information content (AvgIpc) is 3.36. The van der Waals surface area contributed by atoms with Crippen molar-refractivity contribution in [1.29, 1.82) is 0 Å². The topological polar surface area (TPSA) is 86.7 Å². The summed E-state index contributed by atoms with van der Waals surface area (Å²) in [6, 6.07) is 0.619. The van der Waals surface area contributed by atoms with E-state index < -0.39 is 15.8 Å². The third-order valence-electron chi connectivity index (χ3n) is 16.7. The van der Waals surface area contributed by atoms with Crippen molar-refractivity contribution in [3.63, 3.8) is 0 Å². The molecule has 7 heteroatoms. The van der Waals surface area contributed by atoms with Crippen molar-refractivity contribution in [1.82, 2.24) is 10.2 Å². The SMILES string of the molecule is CC1CN(CCN[C@@H]2CC[C@H]3C2CC[C@]2(C)[C@@H]3CCC3[C@@]4(C)CC=C(C5=CC[C@H](C(=O)O)CC5)C(C)(C)C4CC[C@]32C)CCS(=O)(=O)C1. The smallest absolute Gasteiger partial charge is 0.306 e. The molecule has 0 aromatic heterocycles. The van der Waals surface area contributed by atoms with Crippen LogP contribution in [0.4, 0.5) is 0 Å². The molecule has 5 fully saturated rings. The van der Waals surface area contributed by atoms with E-state index in [-0.39, 0.29) is 17.3 Å². The molecule has 7 aliphatic rings. The molecule has 4 unspecified atom stereocenters. The minimum atomic E-state index is -2.90. The Hall–Kier alpha value is -1.18. The lowest BCUT2D eigenvalue weighted by Crippen LogP contribution is -2.64. The van der Waals surface area contributed by atoms with Gasteiger partial charge in [0.2, 0.25) is 0 Å². The van der Waals surface area contributed by atoms with Crippen molar-refractivity contribution >= 4 is 15.8 Å². The fraction of sp³-hybridized carbons (Fsp3) is 0.878. The zero-order valence-electron chi connectivity index (χ0n) is 31.0. The summed E-state index contributed by atoms with van der Waals surface area (Å²) in [4.78, 5) is 14.0. The number of hydrogen-bond acceptors (Lipinski definition) is 5. The van der Waals surface area contributed by atoms with Gasteiger partial charge < -0.3 is 15.3 Å². The fourth-order valence-corrected chi connectivity index (χ4v) is 16.0. The van der Waals surface area contributed by atoms with Crippen molar-refractivity contribution in [2.75, 3.05) is 37.7 Å². The number of fused-ring (bicyclic) bond motifs is 7. The highest BCUT2D eigenvalue weighted by Gasteiger charge is 2.68. The van der Waals surface area contributed by atoms with Gasteiger partial charge in [-0.3, -0.25) is 4.79 Å². The lowest BCUT2D eigenvalue weighted by atomic mass is 9.33. The van der Waals surface area contributed by atoms with Gasteiger partial charge in [-0.2, -0.15) is 0 Å². The Bertz CT molecular complexity index is 1440. The summed E-state index contributed by atoms with van der Waals surface area (Å²) in [5, 5.41) is 13.6. The van der Waals surface area contributed by atoms with Crippen LogP contribution in [0.5, 0.6) is 0 Å². The first-order chi connectivity index (χ1) is 22.6. The number of carbonyl (C=O) groups is 1. The molecule has 2 N–H and O–H groups in total. The fourth-order valence-electron chi connectivity index (χ4n) is 14.3. The van der Waals surface area contributed by atoms with E-state index in [1.807, 2.05) is 0 Å². The summed E-state index contributed by atoms with van der Waals surface area (Å²) in [6.45, 7) is 18.8. The number of rotatable bonds is 6. The average molecular weight is 683 g/mol. The summed E-state index contributed by atoms with van der Waals surface area (Å²) < 4.78 is 24.5. The molecule has 0 aromatic carbocycles. The van der Waals surface area contributed by atoms with E-state index in [1.165, 1.54) is 68.9 Å². The second-order valence-corrected chi connectivity index (χ2v) is 21.5. The van der Waals surface area contributed by atoms with E-state index >= 15 is 0 Å². The molecule has 270 valence electrons. The Labute approximate surface area is 292 Å². The van der Waals surface area contributed by atoms with Crippen LogP contribution < -0.4 is 5.32 Å². The number of carboxylic acid groups (broad SMARTS) is 1. The van der Waals surface area contributed by atoms with Gasteiger partial charge in [-0.05, 0) is 145 Å². The van der Waals surface area contributed by atoms with Crippen molar-refractivity contribution < 1.29 is 18.3 Å². The van der Waals surface area contributed by atoms with Crippen molar-refractivity contribution in [3.8, 4) is 0 Å². The number of nitrogens with zero attached hydrogens (tertiary/aromatic N) is 1. The summed E-state index contributed by atoms with van der Waals surface area (Å²) >= 11 is 0. The summed E-state index contributed by atoms with van der Waals surface area (Å²) in [5.74, 6) is 3.92. The summed E-state index contributed by atoms with van der Waals surface area (Å²) in [5.41, 5.74) is 4.20. The maximum absolute atomic E-state index is 12.3. The molecule has 0 amide bonds.